The number of anilines is 1. The maximum atomic E-state index is 11.1. The van der Waals surface area contributed by atoms with E-state index in [2.05, 4.69) is 27.4 Å². The van der Waals surface area contributed by atoms with Gasteiger partial charge in [-0.25, -0.2) is 4.79 Å². The highest BCUT2D eigenvalue weighted by Gasteiger charge is 2.29. The van der Waals surface area contributed by atoms with Gasteiger partial charge in [-0.15, -0.1) is 10.2 Å². The minimum atomic E-state index is -1.09. The van der Waals surface area contributed by atoms with E-state index in [1.54, 1.807) is 18.2 Å². The standard InChI is InChI=1S/C23H24N4O5S/c1-3-4-12-33-23-25-22-19(26-27-23)14-8-5-6-10-16(14)24-21(32-22)15-9-7-11-17(30-2)20(15)31-13-18(28)29/h5-11,21,24H,3-4,12-13H2,1-2H3,(H,28,29)/t21-/m1/s1. The molecule has 172 valence electrons. The molecule has 0 spiro atoms. The number of carboxylic acid groups (broad SMARTS) is 1. The van der Waals surface area contributed by atoms with Crippen LogP contribution in [-0.4, -0.2) is 45.7 Å². The van der Waals surface area contributed by atoms with Crippen molar-refractivity contribution in [3.63, 3.8) is 0 Å². The van der Waals surface area contributed by atoms with E-state index in [0.29, 0.717) is 28.0 Å². The third-order valence-electron chi connectivity index (χ3n) is 4.91. The Morgan fingerprint density at radius 1 is 1.21 bits per heavy atom. The number of carbonyl (C=O) groups is 1. The summed E-state index contributed by atoms with van der Waals surface area (Å²) in [5.41, 5.74) is 2.67. The highest BCUT2D eigenvalue weighted by atomic mass is 32.2. The molecule has 1 aliphatic rings. The van der Waals surface area contributed by atoms with E-state index in [9.17, 15) is 4.79 Å². The molecule has 0 bridgehead atoms. The van der Waals surface area contributed by atoms with E-state index in [0.717, 1.165) is 29.8 Å². The number of aliphatic carboxylic acids is 1. The van der Waals surface area contributed by atoms with Crippen molar-refractivity contribution >= 4 is 23.4 Å². The first kappa shape index (κ1) is 22.7. The lowest BCUT2D eigenvalue weighted by Gasteiger charge is -2.22. The summed E-state index contributed by atoms with van der Waals surface area (Å²) < 4.78 is 17.3. The van der Waals surface area contributed by atoms with Gasteiger partial charge in [-0.05, 0) is 24.6 Å². The molecule has 33 heavy (non-hydrogen) atoms. The van der Waals surface area contributed by atoms with Crippen molar-refractivity contribution in [2.45, 2.75) is 31.1 Å². The summed E-state index contributed by atoms with van der Waals surface area (Å²) in [6, 6.07) is 12.9. The molecular weight excluding hydrogens is 444 g/mol. The fourth-order valence-corrected chi connectivity index (χ4v) is 4.21. The van der Waals surface area contributed by atoms with E-state index < -0.39 is 18.8 Å². The number of aromatic nitrogens is 3. The number of unbranched alkanes of at least 4 members (excludes halogenated alkanes) is 1. The molecule has 1 atom stereocenters. The van der Waals surface area contributed by atoms with Gasteiger partial charge in [-0.3, -0.25) is 0 Å². The minimum Gasteiger partial charge on any atom is -0.493 e. The normalized spacial score (nSPS) is 14.2. The number of benzene rings is 2. The van der Waals surface area contributed by atoms with Crippen LogP contribution < -0.4 is 19.5 Å². The first-order chi connectivity index (χ1) is 16.1. The highest BCUT2D eigenvalue weighted by Crippen LogP contribution is 2.43. The third-order valence-corrected chi connectivity index (χ3v) is 5.84. The molecule has 3 aromatic rings. The fourth-order valence-electron chi connectivity index (χ4n) is 3.35. The molecule has 0 saturated carbocycles. The second-order valence-electron chi connectivity index (χ2n) is 7.20. The quantitative estimate of drug-likeness (QED) is 0.346. The van der Waals surface area contributed by atoms with Crippen LogP contribution in [0.2, 0.25) is 0 Å². The van der Waals surface area contributed by atoms with E-state index in [4.69, 9.17) is 19.3 Å². The number of nitrogens with zero attached hydrogens (tertiary/aromatic N) is 3. The predicted molar refractivity (Wildman–Crippen MR) is 124 cm³/mol. The lowest BCUT2D eigenvalue weighted by atomic mass is 10.1. The van der Waals surface area contributed by atoms with Crippen molar-refractivity contribution in [1.82, 2.24) is 15.2 Å². The van der Waals surface area contributed by atoms with E-state index in [1.165, 1.54) is 18.9 Å². The summed E-state index contributed by atoms with van der Waals surface area (Å²) in [6.45, 7) is 1.61. The Morgan fingerprint density at radius 3 is 2.85 bits per heavy atom. The highest BCUT2D eigenvalue weighted by molar-refractivity contribution is 7.99. The molecule has 9 nitrogen and oxygen atoms in total. The van der Waals surface area contributed by atoms with Gasteiger partial charge in [0.2, 0.25) is 17.3 Å². The summed E-state index contributed by atoms with van der Waals surface area (Å²) in [5, 5.41) is 21.7. The Balaban J connectivity index is 1.77. The molecule has 2 heterocycles. The molecule has 10 heteroatoms. The Hall–Kier alpha value is -3.53. The van der Waals surface area contributed by atoms with Crippen LogP contribution in [0.4, 0.5) is 5.69 Å². The van der Waals surface area contributed by atoms with E-state index in [1.807, 2.05) is 24.3 Å². The zero-order valence-electron chi connectivity index (χ0n) is 18.3. The smallest absolute Gasteiger partial charge is 0.341 e. The van der Waals surface area contributed by atoms with E-state index in [-0.39, 0.29) is 5.75 Å². The first-order valence-electron chi connectivity index (χ1n) is 10.5. The van der Waals surface area contributed by atoms with Gasteiger partial charge >= 0.3 is 5.97 Å². The third kappa shape index (κ3) is 5.11. The molecule has 4 rings (SSSR count). The van der Waals surface area contributed by atoms with Gasteiger partial charge in [0.25, 0.3) is 0 Å². The van der Waals surface area contributed by atoms with Gasteiger partial charge in [0.1, 0.15) is 0 Å². The van der Waals surface area contributed by atoms with Crippen LogP contribution in [0.3, 0.4) is 0 Å². The zero-order chi connectivity index (χ0) is 23.2. The Labute approximate surface area is 195 Å². The van der Waals surface area contributed by atoms with Crippen molar-refractivity contribution < 1.29 is 24.1 Å². The molecule has 0 aliphatic carbocycles. The van der Waals surface area contributed by atoms with Gasteiger partial charge in [0.05, 0.1) is 12.7 Å². The molecule has 2 N–H and O–H groups in total. The summed E-state index contributed by atoms with van der Waals surface area (Å²) in [7, 11) is 1.50. The molecular formula is C23H24N4O5S. The van der Waals surface area contributed by atoms with Crippen molar-refractivity contribution in [3.8, 4) is 28.6 Å². The number of thioether (sulfide) groups is 1. The monoisotopic (exact) mass is 468 g/mol. The lowest BCUT2D eigenvalue weighted by molar-refractivity contribution is -0.139. The summed E-state index contributed by atoms with van der Waals surface area (Å²) in [5.74, 6) is 0.800. The van der Waals surface area contributed by atoms with Crippen molar-refractivity contribution in [3.05, 3.63) is 48.0 Å². The number of rotatable bonds is 9. The number of methoxy groups -OCH3 is 1. The predicted octanol–water partition coefficient (Wildman–Crippen LogP) is 4.41. The van der Waals surface area contributed by atoms with Crippen molar-refractivity contribution in [2.75, 3.05) is 24.8 Å². The second kappa shape index (κ2) is 10.4. The molecule has 2 aromatic carbocycles. The van der Waals surface area contributed by atoms with Crippen LogP contribution in [0.25, 0.3) is 11.3 Å². The SMILES string of the molecule is CCCCSc1nnc2c(n1)O[C@H](c1cccc(OC)c1OCC(=O)O)Nc1ccccc1-2. The van der Waals surface area contributed by atoms with Gasteiger partial charge in [0.15, 0.2) is 23.8 Å². The lowest BCUT2D eigenvalue weighted by Crippen LogP contribution is -2.20. The van der Waals surface area contributed by atoms with Crippen LogP contribution in [0, 0.1) is 0 Å². The van der Waals surface area contributed by atoms with Gasteiger partial charge in [-0.2, -0.15) is 4.98 Å². The fraction of sp³-hybridized carbons (Fsp3) is 0.304. The molecule has 1 aliphatic heterocycles. The van der Waals surface area contributed by atoms with Crippen molar-refractivity contribution in [1.29, 1.82) is 0 Å². The number of fused-ring (bicyclic) bond motifs is 3. The maximum Gasteiger partial charge on any atom is 0.341 e. The largest absolute Gasteiger partial charge is 0.493 e. The molecule has 0 amide bonds. The Kier molecular flexibility index (Phi) is 7.13. The molecule has 0 fully saturated rings. The van der Waals surface area contributed by atoms with Crippen LogP contribution in [0.1, 0.15) is 31.6 Å². The summed E-state index contributed by atoms with van der Waals surface area (Å²) in [4.78, 5) is 15.8. The number of carboxylic acids is 1. The molecule has 0 saturated heterocycles. The van der Waals surface area contributed by atoms with Crippen molar-refractivity contribution in [2.24, 2.45) is 0 Å². The summed E-state index contributed by atoms with van der Waals surface area (Å²) in [6.07, 6.45) is 1.39. The Bertz CT molecular complexity index is 1140. The number of hydrogen-bond acceptors (Lipinski definition) is 9. The zero-order valence-corrected chi connectivity index (χ0v) is 19.1. The van der Waals surface area contributed by atoms with E-state index >= 15 is 0 Å². The van der Waals surface area contributed by atoms with Gasteiger partial charge in [-0.1, -0.05) is 49.4 Å². The number of hydrogen-bond donors (Lipinski definition) is 2. The van der Waals surface area contributed by atoms with Gasteiger partial charge < -0.3 is 24.6 Å². The number of ether oxygens (including phenoxy) is 3. The average molecular weight is 469 g/mol. The van der Waals surface area contributed by atoms with Crippen LogP contribution >= 0.6 is 11.8 Å². The summed E-state index contributed by atoms with van der Waals surface area (Å²) >= 11 is 1.53. The molecule has 0 radical (unpaired) electrons. The topological polar surface area (TPSA) is 116 Å². The number of para-hydroxylation sites is 2. The second-order valence-corrected chi connectivity index (χ2v) is 8.26. The first-order valence-corrected chi connectivity index (χ1v) is 11.5. The number of nitrogens with one attached hydrogen (secondary N) is 1. The van der Waals surface area contributed by atoms with Gasteiger partial charge in [0, 0.05) is 17.0 Å². The minimum absolute atomic E-state index is 0.278. The van der Waals surface area contributed by atoms with Crippen LogP contribution in [0.15, 0.2) is 47.6 Å². The Morgan fingerprint density at radius 2 is 2.06 bits per heavy atom. The molecule has 0 unspecified atom stereocenters. The van der Waals surface area contributed by atoms with Crippen LogP contribution in [-0.2, 0) is 4.79 Å². The maximum absolute atomic E-state index is 11.1. The molecule has 1 aromatic heterocycles. The average Bonchev–Trinajstić information content (AvgIpc) is 2.99. The van der Waals surface area contributed by atoms with Crippen LogP contribution in [0.5, 0.6) is 17.4 Å².